The van der Waals surface area contributed by atoms with Crippen LogP contribution in [0.1, 0.15) is 20.8 Å². The predicted octanol–water partition coefficient (Wildman–Crippen LogP) is 1.92. The Balaban J connectivity index is 3.77. The second-order valence-corrected chi connectivity index (χ2v) is 2.76. The Labute approximate surface area is 61.6 Å². The molecule has 0 rings (SSSR count). The first-order valence-electron chi connectivity index (χ1n) is 3.45. The van der Waals surface area contributed by atoms with Crippen molar-refractivity contribution in [3.05, 3.63) is 12.2 Å². The van der Waals surface area contributed by atoms with Gasteiger partial charge in [-0.15, -0.1) is 0 Å². The second kappa shape index (κ2) is 4.09. The summed E-state index contributed by atoms with van der Waals surface area (Å²) in [6.45, 7) is 5.71. The van der Waals surface area contributed by atoms with Gasteiger partial charge >= 0.3 is 5.97 Å². The van der Waals surface area contributed by atoms with Crippen LogP contribution in [-0.2, 0) is 4.79 Å². The fourth-order valence-corrected chi connectivity index (χ4v) is 0.471. The fraction of sp³-hybridized carbons (Fsp3) is 0.625. The lowest BCUT2D eigenvalue weighted by molar-refractivity contribution is -0.139. The van der Waals surface area contributed by atoms with Crippen LogP contribution in [0.15, 0.2) is 12.2 Å². The topological polar surface area (TPSA) is 37.3 Å². The van der Waals surface area contributed by atoms with Gasteiger partial charge in [0.1, 0.15) is 0 Å². The van der Waals surface area contributed by atoms with Gasteiger partial charge in [-0.25, -0.2) is 0 Å². The van der Waals surface area contributed by atoms with Gasteiger partial charge in [-0.2, -0.15) is 0 Å². The number of allylic oxidation sites excluding steroid dienone is 1. The van der Waals surface area contributed by atoms with Crippen LogP contribution in [0.4, 0.5) is 0 Å². The lowest BCUT2D eigenvalue weighted by Gasteiger charge is -1.98. The third-order valence-corrected chi connectivity index (χ3v) is 1.17. The number of rotatable bonds is 3. The molecule has 0 radical (unpaired) electrons. The zero-order valence-corrected chi connectivity index (χ0v) is 6.66. The molecule has 0 spiro atoms. The summed E-state index contributed by atoms with van der Waals surface area (Å²) < 4.78 is 0. The fourth-order valence-electron chi connectivity index (χ4n) is 0.471. The SMILES string of the molecule is CC(C)C=CC(C)C(=O)O. The Morgan fingerprint density at radius 2 is 1.80 bits per heavy atom. The second-order valence-electron chi connectivity index (χ2n) is 2.76. The molecule has 2 nitrogen and oxygen atoms in total. The van der Waals surface area contributed by atoms with E-state index in [4.69, 9.17) is 5.11 Å². The van der Waals surface area contributed by atoms with E-state index in [1.165, 1.54) is 0 Å². The number of aliphatic carboxylic acids is 1. The molecular formula is C8H14O2. The smallest absolute Gasteiger partial charge is 0.310 e. The molecule has 2 heteroatoms. The highest BCUT2D eigenvalue weighted by Crippen LogP contribution is 2.01. The van der Waals surface area contributed by atoms with Crippen molar-refractivity contribution in [1.82, 2.24) is 0 Å². The Kier molecular flexibility index (Phi) is 3.77. The molecule has 0 saturated heterocycles. The Morgan fingerprint density at radius 1 is 1.30 bits per heavy atom. The summed E-state index contributed by atoms with van der Waals surface area (Å²) in [6, 6.07) is 0. The predicted molar refractivity (Wildman–Crippen MR) is 40.8 cm³/mol. The van der Waals surface area contributed by atoms with Gasteiger partial charge in [-0.3, -0.25) is 4.79 Å². The highest BCUT2D eigenvalue weighted by Gasteiger charge is 2.04. The van der Waals surface area contributed by atoms with E-state index in [1.807, 2.05) is 19.9 Å². The molecule has 0 aromatic rings. The van der Waals surface area contributed by atoms with Crippen molar-refractivity contribution in [2.45, 2.75) is 20.8 Å². The number of carboxylic acid groups (broad SMARTS) is 1. The van der Waals surface area contributed by atoms with E-state index in [1.54, 1.807) is 13.0 Å². The van der Waals surface area contributed by atoms with Gasteiger partial charge in [0, 0.05) is 0 Å². The van der Waals surface area contributed by atoms with E-state index >= 15 is 0 Å². The first-order chi connectivity index (χ1) is 4.54. The van der Waals surface area contributed by atoms with Crippen LogP contribution in [0.25, 0.3) is 0 Å². The van der Waals surface area contributed by atoms with Gasteiger partial charge < -0.3 is 5.11 Å². The van der Waals surface area contributed by atoms with Crippen molar-refractivity contribution in [3.63, 3.8) is 0 Å². The monoisotopic (exact) mass is 142 g/mol. The van der Waals surface area contributed by atoms with Crippen LogP contribution in [0.5, 0.6) is 0 Å². The van der Waals surface area contributed by atoms with Gasteiger partial charge in [0.2, 0.25) is 0 Å². The molecule has 1 atom stereocenters. The third-order valence-electron chi connectivity index (χ3n) is 1.17. The van der Waals surface area contributed by atoms with Crippen LogP contribution in [0.3, 0.4) is 0 Å². The average Bonchev–Trinajstić information content (AvgIpc) is 1.82. The summed E-state index contributed by atoms with van der Waals surface area (Å²) in [5, 5.41) is 8.44. The van der Waals surface area contributed by atoms with E-state index in [0.29, 0.717) is 5.92 Å². The van der Waals surface area contributed by atoms with Gasteiger partial charge in [0.25, 0.3) is 0 Å². The highest BCUT2D eigenvalue weighted by molar-refractivity contribution is 5.71. The Hall–Kier alpha value is -0.790. The molecule has 10 heavy (non-hydrogen) atoms. The Morgan fingerprint density at radius 3 is 2.10 bits per heavy atom. The van der Waals surface area contributed by atoms with Crippen LogP contribution >= 0.6 is 0 Å². The highest BCUT2D eigenvalue weighted by atomic mass is 16.4. The lowest BCUT2D eigenvalue weighted by atomic mass is 10.1. The molecule has 0 heterocycles. The minimum absolute atomic E-state index is 0.359. The Bertz CT molecular complexity index is 136. The molecule has 0 aromatic carbocycles. The van der Waals surface area contributed by atoms with Crippen LogP contribution in [0.2, 0.25) is 0 Å². The molecule has 0 aliphatic heterocycles. The van der Waals surface area contributed by atoms with Crippen LogP contribution in [0, 0.1) is 11.8 Å². The first kappa shape index (κ1) is 9.21. The number of carbonyl (C=O) groups is 1. The maximum absolute atomic E-state index is 10.3. The standard InChI is InChI=1S/C8H14O2/c1-6(2)4-5-7(3)8(9)10/h4-7H,1-3H3,(H,9,10). The normalized spacial score (nSPS) is 14.4. The van der Waals surface area contributed by atoms with Gasteiger partial charge in [0.15, 0.2) is 0 Å². The van der Waals surface area contributed by atoms with E-state index < -0.39 is 5.97 Å². The molecule has 0 saturated carbocycles. The molecule has 58 valence electrons. The molecule has 0 aliphatic rings. The maximum Gasteiger partial charge on any atom is 0.310 e. The molecule has 0 amide bonds. The number of hydrogen-bond acceptors (Lipinski definition) is 1. The summed E-state index contributed by atoms with van der Waals surface area (Å²) in [7, 11) is 0. The first-order valence-corrected chi connectivity index (χ1v) is 3.45. The largest absolute Gasteiger partial charge is 0.481 e. The van der Waals surface area contributed by atoms with Crippen molar-refractivity contribution < 1.29 is 9.90 Å². The minimum Gasteiger partial charge on any atom is -0.481 e. The molecule has 1 N–H and O–H groups in total. The average molecular weight is 142 g/mol. The van der Waals surface area contributed by atoms with E-state index in [2.05, 4.69) is 0 Å². The van der Waals surface area contributed by atoms with Crippen molar-refractivity contribution in [2.24, 2.45) is 11.8 Å². The van der Waals surface area contributed by atoms with Gasteiger partial charge in [-0.05, 0) is 12.8 Å². The molecule has 0 fully saturated rings. The zero-order chi connectivity index (χ0) is 8.15. The van der Waals surface area contributed by atoms with Crippen LogP contribution < -0.4 is 0 Å². The minimum atomic E-state index is -0.767. The van der Waals surface area contributed by atoms with Crippen molar-refractivity contribution in [2.75, 3.05) is 0 Å². The quantitative estimate of drug-likeness (QED) is 0.611. The van der Waals surface area contributed by atoms with Gasteiger partial charge in [0.05, 0.1) is 5.92 Å². The zero-order valence-electron chi connectivity index (χ0n) is 6.66. The summed E-state index contributed by atoms with van der Waals surface area (Å²) in [6.07, 6.45) is 3.62. The van der Waals surface area contributed by atoms with Crippen LogP contribution in [-0.4, -0.2) is 11.1 Å². The van der Waals surface area contributed by atoms with E-state index in [-0.39, 0.29) is 5.92 Å². The summed E-state index contributed by atoms with van der Waals surface area (Å²) >= 11 is 0. The molecule has 0 aromatic heterocycles. The van der Waals surface area contributed by atoms with Crippen molar-refractivity contribution in [1.29, 1.82) is 0 Å². The third kappa shape index (κ3) is 4.13. The van der Waals surface area contributed by atoms with E-state index in [0.717, 1.165) is 0 Å². The molecule has 1 unspecified atom stereocenters. The van der Waals surface area contributed by atoms with E-state index in [9.17, 15) is 4.79 Å². The molecule has 0 aliphatic carbocycles. The lowest BCUT2D eigenvalue weighted by Crippen LogP contribution is -2.05. The summed E-state index contributed by atoms with van der Waals surface area (Å²) in [5.41, 5.74) is 0. The summed E-state index contributed by atoms with van der Waals surface area (Å²) in [4.78, 5) is 10.3. The van der Waals surface area contributed by atoms with Crippen molar-refractivity contribution in [3.8, 4) is 0 Å². The number of hydrogen-bond donors (Lipinski definition) is 1. The van der Waals surface area contributed by atoms with Gasteiger partial charge in [-0.1, -0.05) is 26.0 Å². The maximum atomic E-state index is 10.3. The summed E-state index contributed by atoms with van der Waals surface area (Å²) in [5.74, 6) is -0.693. The van der Waals surface area contributed by atoms with Crippen molar-refractivity contribution >= 4 is 5.97 Å². The molecular weight excluding hydrogens is 128 g/mol. The molecule has 0 bridgehead atoms. The number of carboxylic acids is 1.